The van der Waals surface area contributed by atoms with Crippen LogP contribution in [0.5, 0.6) is 0 Å². The fourth-order valence-electron chi connectivity index (χ4n) is 1.92. The molecule has 1 heterocycles. The average molecular weight is 254 g/mol. The van der Waals surface area contributed by atoms with Crippen molar-refractivity contribution in [1.29, 1.82) is 0 Å². The Morgan fingerprint density at radius 2 is 1.89 bits per heavy atom. The monoisotopic (exact) mass is 254 g/mol. The van der Waals surface area contributed by atoms with E-state index in [1.165, 1.54) is 0 Å². The fourth-order valence-corrected chi connectivity index (χ4v) is 1.92. The molecule has 0 N–H and O–H groups in total. The molecule has 19 heavy (non-hydrogen) atoms. The summed E-state index contributed by atoms with van der Waals surface area (Å²) in [5.74, 6) is 0.0550. The summed E-state index contributed by atoms with van der Waals surface area (Å²) in [4.78, 5) is 18.4. The normalized spacial score (nSPS) is 10.5. The van der Waals surface area contributed by atoms with Crippen molar-refractivity contribution in [2.24, 2.45) is 0 Å². The Morgan fingerprint density at radius 1 is 1.16 bits per heavy atom. The van der Waals surface area contributed by atoms with Gasteiger partial charge in [-0.2, -0.15) is 0 Å². The van der Waals surface area contributed by atoms with Crippen molar-refractivity contribution in [3.05, 3.63) is 66.0 Å². The van der Waals surface area contributed by atoms with Crippen LogP contribution in [0.2, 0.25) is 0 Å². The van der Waals surface area contributed by atoms with Gasteiger partial charge in [-0.05, 0) is 37.6 Å². The van der Waals surface area contributed by atoms with E-state index in [-0.39, 0.29) is 11.9 Å². The molecule has 3 nitrogen and oxygen atoms in total. The van der Waals surface area contributed by atoms with Gasteiger partial charge in [-0.25, -0.2) is 0 Å². The maximum atomic E-state index is 12.5. The van der Waals surface area contributed by atoms with Crippen LogP contribution in [0.3, 0.4) is 0 Å². The third-order valence-electron chi connectivity index (χ3n) is 2.98. The Hall–Kier alpha value is -2.16. The molecule has 1 amide bonds. The number of rotatable bonds is 4. The molecule has 1 aromatic heterocycles. The number of aromatic nitrogens is 1. The van der Waals surface area contributed by atoms with Gasteiger partial charge in [-0.1, -0.05) is 24.3 Å². The van der Waals surface area contributed by atoms with Crippen molar-refractivity contribution in [3.8, 4) is 0 Å². The molecule has 0 saturated carbocycles. The van der Waals surface area contributed by atoms with Gasteiger partial charge in [0, 0.05) is 30.5 Å². The van der Waals surface area contributed by atoms with Gasteiger partial charge in [-0.3, -0.25) is 9.78 Å². The fraction of sp³-hybridized carbons (Fsp3) is 0.250. The highest BCUT2D eigenvalue weighted by molar-refractivity contribution is 5.94. The van der Waals surface area contributed by atoms with Crippen molar-refractivity contribution in [3.63, 3.8) is 0 Å². The number of carbonyl (C=O) groups excluding carboxylic acids is 1. The zero-order chi connectivity index (χ0) is 13.7. The highest BCUT2D eigenvalue weighted by Gasteiger charge is 2.18. The summed E-state index contributed by atoms with van der Waals surface area (Å²) < 4.78 is 0. The minimum atomic E-state index is 0.0550. The standard InChI is InChI=1S/C16H18N2O/c1-13(2)18(12-14-7-6-10-17-11-14)16(19)15-8-4-3-5-9-15/h3-11,13H,12H2,1-2H3. The molecule has 0 unspecified atom stereocenters. The Morgan fingerprint density at radius 3 is 2.47 bits per heavy atom. The summed E-state index contributed by atoms with van der Waals surface area (Å²) in [5, 5.41) is 0. The molecule has 0 aliphatic heterocycles. The molecule has 1 aromatic carbocycles. The smallest absolute Gasteiger partial charge is 0.254 e. The van der Waals surface area contributed by atoms with Gasteiger partial charge >= 0.3 is 0 Å². The van der Waals surface area contributed by atoms with E-state index < -0.39 is 0 Å². The van der Waals surface area contributed by atoms with E-state index in [1.807, 2.05) is 61.2 Å². The summed E-state index contributed by atoms with van der Waals surface area (Å²) in [6.45, 7) is 4.63. The minimum Gasteiger partial charge on any atom is -0.332 e. The SMILES string of the molecule is CC(C)N(Cc1cccnc1)C(=O)c1ccccc1. The van der Waals surface area contributed by atoms with Gasteiger partial charge < -0.3 is 4.90 Å². The lowest BCUT2D eigenvalue weighted by molar-refractivity contribution is 0.0690. The van der Waals surface area contributed by atoms with Gasteiger partial charge in [0.05, 0.1) is 0 Å². The topological polar surface area (TPSA) is 33.2 Å². The number of benzene rings is 1. The largest absolute Gasteiger partial charge is 0.332 e. The van der Waals surface area contributed by atoms with Crippen molar-refractivity contribution in [2.75, 3.05) is 0 Å². The van der Waals surface area contributed by atoms with Gasteiger partial charge in [0.25, 0.3) is 5.91 Å². The lowest BCUT2D eigenvalue weighted by Crippen LogP contribution is -2.36. The zero-order valence-corrected chi connectivity index (χ0v) is 11.3. The van der Waals surface area contributed by atoms with Crippen LogP contribution in [0.1, 0.15) is 29.8 Å². The van der Waals surface area contributed by atoms with Crippen LogP contribution in [0.15, 0.2) is 54.9 Å². The first-order valence-electron chi connectivity index (χ1n) is 6.43. The van der Waals surface area contributed by atoms with Crippen LogP contribution < -0.4 is 0 Å². The Balaban J connectivity index is 2.19. The molecule has 3 heteroatoms. The van der Waals surface area contributed by atoms with E-state index in [9.17, 15) is 4.79 Å². The van der Waals surface area contributed by atoms with Crippen LogP contribution in [0.4, 0.5) is 0 Å². The molecule has 0 atom stereocenters. The summed E-state index contributed by atoms with van der Waals surface area (Å²) >= 11 is 0. The molecule has 0 fully saturated rings. The maximum Gasteiger partial charge on any atom is 0.254 e. The van der Waals surface area contributed by atoms with Crippen LogP contribution in [0.25, 0.3) is 0 Å². The quantitative estimate of drug-likeness (QED) is 0.839. The molecular formula is C16H18N2O. The Kier molecular flexibility index (Phi) is 4.29. The van der Waals surface area contributed by atoms with Gasteiger partial charge in [0.2, 0.25) is 0 Å². The van der Waals surface area contributed by atoms with E-state index in [0.29, 0.717) is 6.54 Å². The van der Waals surface area contributed by atoms with Crippen LogP contribution in [-0.4, -0.2) is 21.8 Å². The Labute approximate surface area is 113 Å². The second kappa shape index (κ2) is 6.14. The average Bonchev–Trinajstić information content (AvgIpc) is 2.46. The second-order valence-electron chi connectivity index (χ2n) is 4.75. The first-order chi connectivity index (χ1) is 9.18. The first-order valence-corrected chi connectivity index (χ1v) is 6.43. The summed E-state index contributed by atoms with van der Waals surface area (Å²) in [7, 11) is 0. The maximum absolute atomic E-state index is 12.5. The lowest BCUT2D eigenvalue weighted by Gasteiger charge is -2.27. The van der Waals surface area contributed by atoms with Crippen molar-refractivity contribution in [2.45, 2.75) is 26.4 Å². The number of amides is 1. The van der Waals surface area contributed by atoms with E-state index >= 15 is 0 Å². The van der Waals surface area contributed by atoms with Crippen LogP contribution in [0, 0.1) is 0 Å². The predicted octanol–water partition coefficient (Wildman–Crippen LogP) is 3.13. The molecule has 2 rings (SSSR count). The summed E-state index contributed by atoms with van der Waals surface area (Å²) in [6.07, 6.45) is 3.54. The molecule has 98 valence electrons. The van der Waals surface area contributed by atoms with Crippen molar-refractivity contribution in [1.82, 2.24) is 9.88 Å². The molecule has 0 radical (unpaired) electrons. The summed E-state index contributed by atoms with van der Waals surface area (Å²) in [5.41, 5.74) is 1.76. The molecular weight excluding hydrogens is 236 g/mol. The Bertz CT molecular complexity index is 523. The number of nitrogens with zero attached hydrogens (tertiary/aromatic N) is 2. The van der Waals surface area contributed by atoms with E-state index in [2.05, 4.69) is 4.98 Å². The number of hydrogen-bond donors (Lipinski definition) is 0. The van der Waals surface area contributed by atoms with Crippen molar-refractivity contribution < 1.29 is 4.79 Å². The molecule has 0 bridgehead atoms. The zero-order valence-electron chi connectivity index (χ0n) is 11.3. The number of pyridine rings is 1. The van der Waals surface area contributed by atoms with E-state index in [0.717, 1.165) is 11.1 Å². The van der Waals surface area contributed by atoms with Gasteiger partial charge in [0.1, 0.15) is 0 Å². The first kappa shape index (κ1) is 13.3. The predicted molar refractivity (Wildman–Crippen MR) is 75.7 cm³/mol. The molecule has 0 spiro atoms. The van der Waals surface area contributed by atoms with Crippen LogP contribution >= 0.6 is 0 Å². The minimum absolute atomic E-state index is 0.0550. The molecule has 0 saturated heterocycles. The number of hydrogen-bond acceptors (Lipinski definition) is 2. The molecule has 0 aliphatic rings. The lowest BCUT2D eigenvalue weighted by atomic mass is 10.1. The second-order valence-corrected chi connectivity index (χ2v) is 4.75. The highest BCUT2D eigenvalue weighted by atomic mass is 16.2. The van der Waals surface area contributed by atoms with Gasteiger partial charge in [-0.15, -0.1) is 0 Å². The molecule has 0 aliphatic carbocycles. The highest BCUT2D eigenvalue weighted by Crippen LogP contribution is 2.12. The number of carbonyl (C=O) groups is 1. The van der Waals surface area contributed by atoms with Crippen molar-refractivity contribution >= 4 is 5.91 Å². The summed E-state index contributed by atoms with van der Waals surface area (Å²) in [6, 6.07) is 13.4. The third-order valence-corrected chi connectivity index (χ3v) is 2.98. The van der Waals surface area contributed by atoms with E-state index in [1.54, 1.807) is 12.4 Å². The molecule has 2 aromatic rings. The third kappa shape index (κ3) is 3.41. The van der Waals surface area contributed by atoms with Crippen LogP contribution in [-0.2, 0) is 6.54 Å². The van der Waals surface area contributed by atoms with Gasteiger partial charge in [0.15, 0.2) is 0 Å². The van der Waals surface area contributed by atoms with E-state index in [4.69, 9.17) is 0 Å².